The van der Waals surface area contributed by atoms with E-state index in [0.717, 1.165) is 61.5 Å². The summed E-state index contributed by atoms with van der Waals surface area (Å²) in [7, 11) is 0. The van der Waals surface area contributed by atoms with E-state index in [1.807, 2.05) is 0 Å². The van der Waals surface area contributed by atoms with Gasteiger partial charge in [-0.3, -0.25) is 9.78 Å². The number of benzene rings is 2. The van der Waals surface area contributed by atoms with E-state index < -0.39 is 5.91 Å². The maximum absolute atomic E-state index is 11.7. The molecule has 1 saturated heterocycles. The summed E-state index contributed by atoms with van der Waals surface area (Å²) in [6, 6.07) is 17.3. The molecule has 2 aliphatic rings. The number of piperidine rings is 1. The van der Waals surface area contributed by atoms with E-state index in [1.54, 1.807) is 4.68 Å². The number of carbonyl (C=O) groups is 1. The minimum atomic E-state index is -0.510. The van der Waals surface area contributed by atoms with Gasteiger partial charge in [0.05, 0.1) is 16.9 Å². The number of hydrogen-bond donors (Lipinski definition) is 1. The molecule has 0 saturated carbocycles. The Morgan fingerprint density at radius 2 is 1.81 bits per heavy atom. The Morgan fingerprint density at radius 1 is 1.03 bits per heavy atom. The van der Waals surface area contributed by atoms with Crippen molar-refractivity contribution < 1.29 is 4.79 Å². The van der Waals surface area contributed by atoms with Crippen molar-refractivity contribution in [3.8, 4) is 5.69 Å². The maximum Gasteiger partial charge on any atom is 0.271 e. The summed E-state index contributed by atoms with van der Waals surface area (Å²) in [4.78, 5) is 19.0. The molecule has 2 aliphatic heterocycles. The quantitative estimate of drug-likeness (QED) is 0.401. The molecule has 2 aromatic carbocycles. The highest BCUT2D eigenvalue weighted by molar-refractivity contribution is 5.92. The first kappa shape index (κ1) is 27.0. The zero-order chi connectivity index (χ0) is 23.9. The lowest BCUT2D eigenvalue weighted by molar-refractivity contribution is 0.0994. The van der Waals surface area contributed by atoms with Crippen molar-refractivity contribution in [2.75, 3.05) is 19.6 Å². The van der Waals surface area contributed by atoms with Crippen LogP contribution in [-0.2, 0) is 19.3 Å². The van der Waals surface area contributed by atoms with Gasteiger partial charge in [-0.25, -0.2) is 4.68 Å². The Morgan fingerprint density at radius 3 is 2.59 bits per heavy atom. The molecule has 2 aromatic heterocycles. The van der Waals surface area contributed by atoms with Gasteiger partial charge >= 0.3 is 0 Å². The van der Waals surface area contributed by atoms with E-state index in [-0.39, 0.29) is 24.8 Å². The zero-order valence-corrected chi connectivity index (χ0v) is 22.5. The van der Waals surface area contributed by atoms with Gasteiger partial charge in [0.2, 0.25) is 0 Å². The summed E-state index contributed by atoms with van der Waals surface area (Å²) in [5, 5.41) is 9.56. The lowest BCUT2D eigenvalue weighted by atomic mass is 9.87. The fourth-order valence-corrected chi connectivity index (χ4v) is 5.88. The van der Waals surface area contributed by atoms with Crippen LogP contribution in [0.4, 0.5) is 0 Å². The Labute approximate surface area is 229 Å². The second-order valence-corrected chi connectivity index (χ2v) is 9.81. The van der Waals surface area contributed by atoms with Crippen LogP contribution < -0.4 is 5.73 Å². The maximum atomic E-state index is 11.7. The van der Waals surface area contributed by atoms with Gasteiger partial charge in [-0.1, -0.05) is 35.5 Å². The fourth-order valence-electron chi connectivity index (χ4n) is 5.88. The molecule has 194 valence electrons. The molecule has 1 amide bonds. The number of pyridine rings is 1. The number of aryl methyl sites for hydroxylation is 1. The van der Waals surface area contributed by atoms with Crippen LogP contribution in [0.25, 0.3) is 16.6 Å². The number of rotatable bonds is 5. The lowest BCUT2D eigenvalue weighted by Gasteiger charge is -2.33. The monoisotopic (exact) mass is 538 g/mol. The highest BCUT2D eigenvalue weighted by Crippen LogP contribution is 2.33. The molecule has 9 heteroatoms. The number of likely N-dealkylation sites (tertiary alicyclic amines) is 1. The first-order valence-electron chi connectivity index (χ1n) is 12.5. The van der Waals surface area contributed by atoms with E-state index >= 15 is 0 Å². The van der Waals surface area contributed by atoms with Gasteiger partial charge in [-0.15, -0.1) is 29.9 Å². The molecule has 0 bridgehead atoms. The Hall–Kier alpha value is -3.00. The fraction of sp³-hybridized carbons (Fsp3) is 0.357. The average Bonchev–Trinajstić information content (AvgIpc) is 3.32. The average molecular weight is 540 g/mol. The Bertz CT molecular complexity index is 1430. The first-order valence-corrected chi connectivity index (χ1v) is 12.5. The number of amides is 1. The van der Waals surface area contributed by atoms with Crippen LogP contribution in [0.1, 0.15) is 57.3 Å². The number of carbonyl (C=O) groups excluding carboxylic acids is 1. The second-order valence-electron chi connectivity index (χ2n) is 9.81. The third-order valence-corrected chi connectivity index (χ3v) is 7.71. The molecule has 4 heterocycles. The highest BCUT2D eigenvalue weighted by atomic mass is 35.5. The summed E-state index contributed by atoms with van der Waals surface area (Å²) in [5.74, 6) is 0.0817. The van der Waals surface area contributed by atoms with Crippen LogP contribution >= 0.6 is 24.8 Å². The molecule has 0 unspecified atom stereocenters. The standard InChI is InChI=1S/C28H30N6O.2ClH/c1-18-8-9-23-21(5-3-6-24(23)30-18)20-13-16-33(17-14-20)15-12-19-4-2-7-25-22(19)10-11-26-27(28(29)35)31-32-34(25)26;;/h2-9,20H,10-17H2,1H3,(H2,29,35);2*1H. The van der Waals surface area contributed by atoms with Crippen LogP contribution in [0.2, 0.25) is 0 Å². The van der Waals surface area contributed by atoms with Crippen LogP contribution in [0.5, 0.6) is 0 Å². The molecular weight excluding hydrogens is 507 g/mol. The van der Waals surface area contributed by atoms with Gasteiger partial charge in [-0.2, -0.15) is 0 Å². The third kappa shape index (κ3) is 5.08. The molecule has 6 rings (SSSR count). The molecule has 2 N–H and O–H groups in total. The zero-order valence-electron chi connectivity index (χ0n) is 20.9. The van der Waals surface area contributed by atoms with Crippen molar-refractivity contribution in [1.82, 2.24) is 24.9 Å². The van der Waals surface area contributed by atoms with E-state index in [9.17, 15) is 4.79 Å². The molecular formula is C28H32Cl2N6O. The van der Waals surface area contributed by atoms with Gasteiger partial charge in [-0.05, 0) is 92.9 Å². The van der Waals surface area contributed by atoms with Gasteiger partial charge in [0.25, 0.3) is 5.91 Å². The number of fused-ring (bicyclic) bond motifs is 4. The minimum Gasteiger partial charge on any atom is -0.364 e. The predicted octanol–water partition coefficient (Wildman–Crippen LogP) is 4.59. The molecule has 0 atom stereocenters. The molecule has 1 fully saturated rings. The summed E-state index contributed by atoms with van der Waals surface area (Å²) in [5.41, 5.74) is 13.9. The van der Waals surface area contributed by atoms with Crippen molar-refractivity contribution in [3.05, 3.63) is 82.3 Å². The normalized spacial score (nSPS) is 15.4. The van der Waals surface area contributed by atoms with Gasteiger partial charge < -0.3 is 10.6 Å². The summed E-state index contributed by atoms with van der Waals surface area (Å²) < 4.78 is 1.80. The van der Waals surface area contributed by atoms with Crippen LogP contribution in [0.15, 0.2) is 48.5 Å². The molecule has 0 spiro atoms. The van der Waals surface area contributed by atoms with Crippen molar-refractivity contribution in [3.63, 3.8) is 0 Å². The van der Waals surface area contributed by atoms with Crippen molar-refractivity contribution >= 4 is 41.6 Å². The van der Waals surface area contributed by atoms with Crippen molar-refractivity contribution in [2.24, 2.45) is 5.73 Å². The smallest absolute Gasteiger partial charge is 0.271 e. The highest BCUT2D eigenvalue weighted by Gasteiger charge is 2.26. The predicted molar refractivity (Wildman–Crippen MR) is 150 cm³/mol. The number of nitrogens with two attached hydrogens (primary N) is 1. The topological polar surface area (TPSA) is 89.9 Å². The number of nitrogens with zero attached hydrogens (tertiary/aromatic N) is 5. The third-order valence-electron chi connectivity index (χ3n) is 7.71. The van der Waals surface area contributed by atoms with E-state index in [0.29, 0.717) is 11.6 Å². The van der Waals surface area contributed by atoms with Gasteiger partial charge in [0, 0.05) is 17.6 Å². The largest absolute Gasteiger partial charge is 0.364 e. The van der Waals surface area contributed by atoms with Crippen LogP contribution in [-0.4, -0.2) is 50.4 Å². The molecule has 7 nitrogen and oxygen atoms in total. The van der Waals surface area contributed by atoms with E-state index in [2.05, 4.69) is 70.7 Å². The van der Waals surface area contributed by atoms with Gasteiger partial charge in [0.1, 0.15) is 0 Å². The van der Waals surface area contributed by atoms with Crippen molar-refractivity contribution in [1.29, 1.82) is 0 Å². The Kier molecular flexibility index (Phi) is 8.17. The Balaban J connectivity index is 0.00000160. The number of primary amides is 1. The van der Waals surface area contributed by atoms with Crippen molar-refractivity contribution in [2.45, 2.75) is 44.9 Å². The second kappa shape index (κ2) is 11.2. The van der Waals surface area contributed by atoms with E-state index in [4.69, 9.17) is 10.7 Å². The number of aromatic nitrogens is 4. The van der Waals surface area contributed by atoms with Crippen LogP contribution in [0.3, 0.4) is 0 Å². The summed E-state index contributed by atoms with van der Waals surface area (Å²) >= 11 is 0. The molecule has 37 heavy (non-hydrogen) atoms. The van der Waals surface area contributed by atoms with E-state index in [1.165, 1.54) is 34.9 Å². The first-order chi connectivity index (χ1) is 17.1. The summed E-state index contributed by atoms with van der Waals surface area (Å²) in [6.07, 6.45) is 4.99. The molecule has 0 radical (unpaired) electrons. The number of halogens is 2. The van der Waals surface area contributed by atoms with Crippen LogP contribution in [0, 0.1) is 6.92 Å². The van der Waals surface area contributed by atoms with Gasteiger partial charge in [0.15, 0.2) is 5.69 Å². The number of hydrogen-bond acceptors (Lipinski definition) is 5. The lowest BCUT2D eigenvalue weighted by Crippen LogP contribution is -2.34. The molecule has 0 aliphatic carbocycles. The molecule has 4 aromatic rings. The summed E-state index contributed by atoms with van der Waals surface area (Å²) in [6.45, 7) is 5.34. The SMILES string of the molecule is Cc1ccc2c(C3CCN(CCc4cccc5c4CCc4c(C(N)=O)nnn4-5)CC3)cccc2n1.Cl.Cl. The minimum absolute atomic E-state index is 0.